The van der Waals surface area contributed by atoms with E-state index in [0.29, 0.717) is 5.92 Å². The third kappa shape index (κ3) is 6.16. The average molecular weight is 445 g/mol. The first kappa shape index (κ1) is 24.8. The largest absolute Gasteiger partial charge is 0.372 e. The Bertz CT molecular complexity index is 918. The molecule has 0 aliphatic heterocycles. The number of hydrogen-bond acceptors (Lipinski definition) is 3. The van der Waals surface area contributed by atoms with Crippen molar-refractivity contribution in [2.45, 2.75) is 53.9 Å². The van der Waals surface area contributed by atoms with Crippen molar-refractivity contribution in [3.63, 3.8) is 0 Å². The van der Waals surface area contributed by atoms with Crippen LogP contribution in [-0.4, -0.2) is 32.0 Å². The van der Waals surface area contributed by atoms with Crippen LogP contribution in [-0.2, 0) is 4.79 Å². The predicted octanol–water partition coefficient (Wildman–Crippen LogP) is 7.24. The molecule has 3 heteroatoms. The standard InChI is InChI=1S/C30H40N2O/c1-6-23-17-26(19-24-13-11-15-28(21-24)31(7-2)8-3)30(33)27(18-23)20-25-14-12-16-29(22-25)32(9-4)10-5/h11-16,19-23H,6-10,17-18H2,1-5H3. The number of rotatable bonds is 9. The van der Waals surface area contributed by atoms with Gasteiger partial charge in [0.2, 0.25) is 0 Å². The highest BCUT2D eigenvalue weighted by atomic mass is 16.1. The second-order valence-corrected chi connectivity index (χ2v) is 8.89. The fourth-order valence-corrected chi connectivity index (χ4v) is 4.83. The van der Waals surface area contributed by atoms with E-state index in [-0.39, 0.29) is 5.78 Å². The lowest BCUT2D eigenvalue weighted by Gasteiger charge is -2.25. The van der Waals surface area contributed by atoms with Gasteiger partial charge in [0.05, 0.1) is 0 Å². The van der Waals surface area contributed by atoms with Gasteiger partial charge >= 0.3 is 0 Å². The third-order valence-corrected chi connectivity index (χ3v) is 6.86. The molecular weight excluding hydrogens is 404 g/mol. The molecule has 0 saturated heterocycles. The molecule has 0 amide bonds. The zero-order valence-electron chi connectivity index (χ0n) is 21.1. The van der Waals surface area contributed by atoms with Crippen molar-refractivity contribution in [1.29, 1.82) is 0 Å². The normalized spacial score (nSPS) is 18.7. The highest BCUT2D eigenvalue weighted by Gasteiger charge is 2.27. The van der Waals surface area contributed by atoms with E-state index < -0.39 is 0 Å². The van der Waals surface area contributed by atoms with Crippen LogP contribution in [0.2, 0.25) is 0 Å². The molecular formula is C30H40N2O. The Hall–Kier alpha value is -2.81. The van der Waals surface area contributed by atoms with Crippen molar-refractivity contribution < 1.29 is 4.79 Å². The molecule has 1 saturated carbocycles. The molecule has 0 radical (unpaired) electrons. The van der Waals surface area contributed by atoms with Crippen molar-refractivity contribution >= 4 is 29.3 Å². The molecule has 0 bridgehead atoms. The van der Waals surface area contributed by atoms with Gasteiger partial charge in [-0.2, -0.15) is 0 Å². The molecule has 2 aromatic rings. The number of hydrogen-bond donors (Lipinski definition) is 0. The minimum absolute atomic E-state index is 0.209. The third-order valence-electron chi connectivity index (χ3n) is 6.86. The lowest BCUT2D eigenvalue weighted by molar-refractivity contribution is -0.113. The zero-order valence-corrected chi connectivity index (χ0v) is 21.1. The Morgan fingerprint density at radius 2 is 1.15 bits per heavy atom. The maximum Gasteiger partial charge on any atom is 0.185 e. The summed E-state index contributed by atoms with van der Waals surface area (Å²) in [6, 6.07) is 17.1. The summed E-state index contributed by atoms with van der Waals surface area (Å²) >= 11 is 0. The molecule has 3 nitrogen and oxygen atoms in total. The lowest BCUT2D eigenvalue weighted by atomic mass is 9.78. The van der Waals surface area contributed by atoms with Crippen LogP contribution in [0, 0.1) is 5.92 Å². The summed E-state index contributed by atoms with van der Waals surface area (Å²) in [6.45, 7) is 14.9. The highest BCUT2D eigenvalue weighted by Crippen LogP contribution is 2.34. The summed E-state index contributed by atoms with van der Waals surface area (Å²) in [6.07, 6.45) is 7.05. The molecule has 33 heavy (non-hydrogen) atoms. The van der Waals surface area contributed by atoms with Gasteiger partial charge in [0.25, 0.3) is 0 Å². The minimum atomic E-state index is 0.209. The molecule has 1 fully saturated rings. The summed E-state index contributed by atoms with van der Waals surface area (Å²) in [4.78, 5) is 18.2. The van der Waals surface area contributed by atoms with Crippen LogP contribution in [0.3, 0.4) is 0 Å². The van der Waals surface area contributed by atoms with Gasteiger partial charge in [-0.1, -0.05) is 37.6 Å². The summed E-state index contributed by atoms with van der Waals surface area (Å²) in [5.74, 6) is 0.721. The first-order valence-electron chi connectivity index (χ1n) is 12.7. The highest BCUT2D eigenvalue weighted by molar-refractivity contribution is 6.14. The molecule has 0 aromatic heterocycles. The fraction of sp³-hybridized carbons (Fsp3) is 0.433. The van der Waals surface area contributed by atoms with E-state index in [9.17, 15) is 4.79 Å². The van der Waals surface area contributed by atoms with E-state index in [1.807, 2.05) is 0 Å². The molecule has 0 atom stereocenters. The molecule has 176 valence electrons. The van der Waals surface area contributed by atoms with Crippen molar-refractivity contribution in [2.75, 3.05) is 36.0 Å². The van der Waals surface area contributed by atoms with Crippen LogP contribution < -0.4 is 9.80 Å². The molecule has 0 unspecified atom stereocenters. The van der Waals surface area contributed by atoms with E-state index in [0.717, 1.165) is 67.7 Å². The van der Waals surface area contributed by atoms with E-state index >= 15 is 0 Å². The smallest absolute Gasteiger partial charge is 0.185 e. The first-order valence-corrected chi connectivity index (χ1v) is 12.7. The monoisotopic (exact) mass is 444 g/mol. The van der Waals surface area contributed by atoms with E-state index in [1.165, 1.54) is 11.4 Å². The number of carbonyl (C=O) groups is 1. The minimum Gasteiger partial charge on any atom is -0.372 e. The maximum atomic E-state index is 13.5. The van der Waals surface area contributed by atoms with Crippen molar-refractivity contribution in [3.8, 4) is 0 Å². The van der Waals surface area contributed by atoms with Crippen LogP contribution in [0.15, 0.2) is 59.7 Å². The van der Waals surface area contributed by atoms with Crippen molar-refractivity contribution in [2.24, 2.45) is 5.92 Å². The average Bonchev–Trinajstić information content (AvgIpc) is 2.84. The lowest BCUT2D eigenvalue weighted by Crippen LogP contribution is -2.22. The number of ketones is 1. The van der Waals surface area contributed by atoms with Gasteiger partial charge in [0.1, 0.15) is 0 Å². The summed E-state index contributed by atoms with van der Waals surface area (Å²) in [5.41, 5.74) is 6.54. The number of nitrogens with zero attached hydrogens (tertiary/aromatic N) is 2. The first-order chi connectivity index (χ1) is 16.0. The number of carbonyl (C=O) groups excluding carboxylic acids is 1. The van der Waals surface area contributed by atoms with Gasteiger partial charge in [-0.3, -0.25) is 4.79 Å². The van der Waals surface area contributed by atoms with Gasteiger partial charge in [0, 0.05) is 48.7 Å². The van der Waals surface area contributed by atoms with Crippen LogP contribution in [0.1, 0.15) is 65.0 Å². The number of benzene rings is 2. The Balaban J connectivity index is 1.93. The predicted molar refractivity (Wildman–Crippen MR) is 144 cm³/mol. The van der Waals surface area contributed by atoms with Crippen molar-refractivity contribution in [1.82, 2.24) is 0 Å². The molecule has 2 aromatic carbocycles. The molecule has 3 rings (SSSR count). The summed E-state index contributed by atoms with van der Waals surface area (Å²) < 4.78 is 0. The Kier molecular flexibility index (Phi) is 8.94. The van der Waals surface area contributed by atoms with Gasteiger partial charge in [-0.15, -0.1) is 0 Å². The van der Waals surface area contributed by atoms with E-state index in [2.05, 4.69) is 105 Å². The van der Waals surface area contributed by atoms with Gasteiger partial charge in [-0.05, 0) is 94.0 Å². The van der Waals surface area contributed by atoms with Gasteiger partial charge in [-0.25, -0.2) is 0 Å². The Morgan fingerprint density at radius 3 is 1.52 bits per heavy atom. The molecule has 0 spiro atoms. The van der Waals surface area contributed by atoms with E-state index in [1.54, 1.807) is 0 Å². The topological polar surface area (TPSA) is 23.6 Å². The Morgan fingerprint density at radius 1 is 0.727 bits per heavy atom. The van der Waals surface area contributed by atoms with Crippen LogP contribution >= 0.6 is 0 Å². The molecule has 1 aliphatic carbocycles. The number of allylic oxidation sites excluding steroid dienone is 2. The quantitative estimate of drug-likeness (QED) is 0.381. The SMILES string of the molecule is CCC1CC(=Cc2cccc(N(CC)CC)c2)C(=O)C(=Cc2cccc(N(CC)CC)c2)C1. The second-order valence-electron chi connectivity index (χ2n) is 8.89. The second kappa shape index (κ2) is 11.9. The number of anilines is 2. The fourth-order valence-electron chi connectivity index (χ4n) is 4.83. The summed E-state index contributed by atoms with van der Waals surface area (Å²) in [7, 11) is 0. The molecule has 0 heterocycles. The zero-order chi connectivity index (χ0) is 23.8. The number of Topliss-reactive ketones (excluding diaryl/α,β-unsaturated/α-hetero) is 1. The van der Waals surface area contributed by atoms with E-state index in [4.69, 9.17) is 0 Å². The summed E-state index contributed by atoms with van der Waals surface area (Å²) in [5, 5.41) is 0. The van der Waals surface area contributed by atoms with Crippen LogP contribution in [0.25, 0.3) is 12.2 Å². The maximum absolute atomic E-state index is 13.5. The molecule has 1 aliphatic rings. The molecule has 0 N–H and O–H groups in total. The van der Waals surface area contributed by atoms with Crippen LogP contribution in [0.4, 0.5) is 11.4 Å². The van der Waals surface area contributed by atoms with Gasteiger partial charge in [0.15, 0.2) is 5.78 Å². The van der Waals surface area contributed by atoms with Crippen molar-refractivity contribution in [3.05, 3.63) is 70.8 Å². The van der Waals surface area contributed by atoms with Crippen LogP contribution in [0.5, 0.6) is 0 Å². The Labute approximate surface area is 200 Å². The van der Waals surface area contributed by atoms with Gasteiger partial charge < -0.3 is 9.80 Å².